The average Bonchev–Trinajstić information content (AvgIpc) is 3.34. The van der Waals surface area contributed by atoms with Crippen molar-refractivity contribution < 1.29 is 9.21 Å². The van der Waals surface area contributed by atoms with E-state index in [2.05, 4.69) is 38.4 Å². The van der Waals surface area contributed by atoms with Crippen LogP contribution in [0.2, 0.25) is 5.15 Å². The van der Waals surface area contributed by atoms with Crippen LogP contribution in [-0.2, 0) is 25.9 Å². The lowest BCUT2D eigenvalue weighted by Gasteiger charge is -2.35. The van der Waals surface area contributed by atoms with Crippen molar-refractivity contribution in [3.8, 4) is 0 Å². The van der Waals surface area contributed by atoms with Crippen LogP contribution >= 0.6 is 11.6 Å². The lowest BCUT2D eigenvalue weighted by Crippen LogP contribution is -2.33. The topological polar surface area (TPSA) is 84.2 Å². The average molecular weight is 516 g/mol. The van der Waals surface area contributed by atoms with Gasteiger partial charge >= 0.3 is 0 Å². The number of aryl methyl sites for hydroxylation is 2. The predicted octanol–water partition coefficient (Wildman–Crippen LogP) is 5.48. The Kier molecular flexibility index (Phi) is 7.92. The number of carbonyl (C=O) groups is 1. The molecule has 1 atom stereocenters. The highest BCUT2D eigenvalue weighted by molar-refractivity contribution is 6.29. The van der Waals surface area contributed by atoms with Crippen molar-refractivity contribution in [2.24, 2.45) is 0 Å². The molecule has 0 bridgehead atoms. The maximum absolute atomic E-state index is 12.6. The molecular weight excluding hydrogens is 486 g/mol. The molecule has 3 aromatic heterocycles. The second-order valence-corrected chi connectivity index (χ2v) is 9.80. The van der Waals surface area contributed by atoms with Crippen molar-refractivity contribution in [1.29, 1.82) is 0 Å². The fraction of sp³-hybridized carbons (Fsp3) is 0.310. The van der Waals surface area contributed by atoms with Crippen molar-refractivity contribution in [2.45, 2.75) is 51.7 Å². The van der Waals surface area contributed by atoms with E-state index in [9.17, 15) is 4.79 Å². The molecule has 1 amide bonds. The second-order valence-electron chi connectivity index (χ2n) is 9.41. The molecule has 37 heavy (non-hydrogen) atoms. The van der Waals surface area contributed by atoms with Gasteiger partial charge in [0, 0.05) is 44.0 Å². The van der Waals surface area contributed by atoms with E-state index in [1.54, 1.807) is 18.3 Å². The first kappa shape index (κ1) is 25.1. The molecule has 1 aromatic carbocycles. The Morgan fingerprint density at radius 1 is 1.11 bits per heavy atom. The maximum Gasteiger partial charge on any atom is 0.251 e. The van der Waals surface area contributed by atoms with Gasteiger partial charge in [0.2, 0.25) is 0 Å². The Morgan fingerprint density at radius 2 is 2.00 bits per heavy atom. The molecule has 1 unspecified atom stereocenters. The fourth-order valence-corrected chi connectivity index (χ4v) is 5.12. The van der Waals surface area contributed by atoms with Gasteiger partial charge in [-0.15, -0.1) is 0 Å². The molecule has 1 N–H and O–H groups in total. The summed E-state index contributed by atoms with van der Waals surface area (Å²) in [5, 5.41) is 3.28. The largest absolute Gasteiger partial charge is 0.446 e. The van der Waals surface area contributed by atoms with E-state index in [-0.39, 0.29) is 11.9 Å². The highest BCUT2D eigenvalue weighted by atomic mass is 35.5. The standard InChI is InChI=1S/C29H30ClN5O2/c1-20-17-33-27(37-20)11-14-35(25-9-3-7-23-8-4-12-32-28(23)25)19-22-6-2-5-21(15-22)18-34-29(36)24-10-13-31-26(30)16-24/h2,4-6,8,10,12-13,15-17,25H,3,7,9,11,14,18-19H2,1H3,(H,34,36). The minimum atomic E-state index is -0.178. The van der Waals surface area contributed by atoms with Crippen molar-refractivity contribution in [3.63, 3.8) is 0 Å². The summed E-state index contributed by atoms with van der Waals surface area (Å²) >= 11 is 5.93. The van der Waals surface area contributed by atoms with Gasteiger partial charge in [0.1, 0.15) is 10.9 Å². The molecule has 5 rings (SSSR count). The highest BCUT2D eigenvalue weighted by Gasteiger charge is 2.27. The molecule has 0 radical (unpaired) electrons. The number of hydrogen-bond acceptors (Lipinski definition) is 6. The number of amides is 1. The van der Waals surface area contributed by atoms with Gasteiger partial charge < -0.3 is 9.73 Å². The summed E-state index contributed by atoms with van der Waals surface area (Å²) in [4.78, 5) is 28.2. The number of aromatic nitrogens is 3. The Labute approximate surface area is 221 Å². The van der Waals surface area contributed by atoms with E-state index in [4.69, 9.17) is 21.0 Å². The summed E-state index contributed by atoms with van der Waals surface area (Å²) in [5.41, 5.74) is 5.23. The Hall–Kier alpha value is -3.55. The molecule has 3 heterocycles. The first-order valence-electron chi connectivity index (χ1n) is 12.6. The molecule has 1 aliphatic carbocycles. The summed E-state index contributed by atoms with van der Waals surface area (Å²) in [6.07, 6.45) is 9.22. The highest BCUT2D eigenvalue weighted by Crippen LogP contribution is 2.34. The van der Waals surface area contributed by atoms with Crippen molar-refractivity contribution in [1.82, 2.24) is 25.2 Å². The number of oxazole rings is 1. The summed E-state index contributed by atoms with van der Waals surface area (Å²) in [6.45, 7) is 3.92. The predicted molar refractivity (Wildman–Crippen MR) is 142 cm³/mol. The van der Waals surface area contributed by atoms with Crippen LogP contribution in [0.4, 0.5) is 0 Å². The van der Waals surface area contributed by atoms with E-state index in [1.165, 1.54) is 23.0 Å². The van der Waals surface area contributed by atoms with Crippen LogP contribution in [0, 0.1) is 6.92 Å². The van der Waals surface area contributed by atoms with E-state index in [1.807, 2.05) is 31.3 Å². The van der Waals surface area contributed by atoms with E-state index in [0.29, 0.717) is 17.3 Å². The zero-order valence-electron chi connectivity index (χ0n) is 20.9. The quantitative estimate of drug-likeness (QED) is 0.297. The second kappa shape index (κ2) is 11.7. The number of halogens is 1. The maximum atomic E-state index is 12.6. The van der Waals surface area contributed by atoms with Gasteiger partial charge in [0.15, 0.2) is 5.89 Å². The monoisotopic (exact) mass is 515 g/mol. The normalized spacial score (nSPS) is 14.9. The third-order valence-electron chi connectivity index (χ3n) is 6.71. The number of carbonyl (C=O) groups excluding carboxylic acids is 1. The summed E-state index contributed by atoms with van der Waals surface area (Å²) in [6, 6.07) is 16.0. The van der Waals surface area contributed by atoms with Crippen LogP contribution < -0.4 is 5.32 Å². The number of pyridine rings is 2. The minimum Gasteiger partial charge on any atom is -0.446 e. The summed E-state index contributed by atoms with van der Waals surface area (Å²) in [5.74, 6) is 1.41. The van der Waals surface area contributed by atoms with Gasteiger partial charge in [-0.1, -0.05) is 41.9 Å². The first-order valence-corrected chi connectivity index (χ1v) is 13.0. The van der Waals surface area contributed by atoms with E-state index in [0.717, 1.165) is 56.0 Å². The Bertz CT molecular complexity index is 1370. The van der Waals surface area contributed by atoms with Gasteiger partial charge in [0.25, 0.3) is 5.91 Å². The number of rotatable bonds is 9. The van der Waals surface area contributed by atoms with Crippen LogP contribution in [0.25, 0.3) is 0 Å². The zero-order chi connectivity index (χ0) is 25.6. The Balaban J connectivity index is 1.31. The molecule has 4 aromatic rings. The third kappa shape index (κ3) is 6.42. The number of nitrogens with one attached hydrogen (secondary N) is 1. The molecule has 0 saturated carbocycles. The fourth-order valence-electron chi connectivity index (χ4n) is 4.94. The van der Waals surface area contributed by atoms with Crippen LogP contribution in [0.1, 0.15) is 63.3 Å². The van der Waals surface area contributed by atoms with Gasteiger partial charge in [-0.25, -0.2) is 9.97 Å². The van der Waals surface area contributed by atoms with Crippen LogP contribution in [-0.4, -0.2) is 32.3 Å². The molecule has 8 heteroatoms. The molecule has 1 aliphatic rings. The van der Waals surface area contributed by atoms with Crippen molar-refractivity contribution >= 4 is 17.5 Å². The summed E-state index contributed by atoms with van der Waals surface area (Å²) in [7, 11) is 0. The molecule has 7 nitrogen and oxygen atoms in total. The molecular formula is C29H30ClN5O2. The van der Waals surface area contributed by atoms with Crippen LogP contribution in [0.5, 0.6) is 0 Å². The first-order chi connectivity index (χ1) is 18.0. The number of nitrogens with zero attached hydrogens (tertiary/aromatic N) is 4. The van der Waals surface area contributed by atoms with Crippen molar-refractivity contribution in [3.05, 3.63) is 112 Å². The molecule has 0 aliphatic heterocycles. The van der Waals surface area contributed by atoms with E-state index >= 15 is 0 Å². The Morgan fingerprint density at radius 3 is 2.84 bits per heavy atom. The van der Waals surface area contributed by atoms with Gasteiger partial charge in [-0.3, -0.25) is 14.7 Å². The molecule has 0 saturated heterocycles. The lowest BCUT2D eigenvalue weighted by atomic mass is 9.90. The summed E-state index contributed by atoms with van der Waals surface area (Å²) < 4.78 is 5.75. The number of hydrogen-bond donors (Lipinski definition) is 1. The smallest absolute Gasteiger partial charge is 0.251 e. The van der Waals surface area contributed by atoms with E-state index < -0.39 is 0 Å². The minimum absolute atomic E-state index is 0.178. The van der Waals surface area contributed by atoms with Gasteiger partial charge in [-0.05, 0) is 61.1 Å². The molecule has 0 spiro atoms. The number of benzene rings is 1. The lowest BCUT2D eigenvalue weighted by molar-refractivity contribution is 0.0950. The number of fused-ring (bicyclic) bond motifs is 1. The third-order valence-corrected chi connectivity index (χ3v) is 6.91. The molecule has 0 fully saturated rings. The van der Waals surface area contributed by atoms with Gasteiger partial charge in [0.05, 0.1) is 17.9 Å². The van der Waals surface area contributed by atoms with Crippen LogP contribution in [0.15, 0.2) is 71.5 Å². The van der Waals surface area contributed by atoms with Crippen molar-refractivity contribution in [2.75, 3.05) is 6.54 Å². The SMILES string of the molecule is Cc1cnc(CCN(Cc2cccc(CNC(=O)c3ccnc(Cl)c3)c2)C2CCCc3cccnc32)o1. The zero-order valence-corrected chi connectivity index (χ0v) is 21.6. The van der Waals surface area contributed by atoms with Crippen LogP contribution in [0.3, 0.4) is 0 Å². The van der Waals surface area contributed by atoms with Gasteiger partial charge in [-0.2, -0.15) is 0 Å². The molecule has 190 valence electrons.